The van der Waals surface area contributed by atoms with Gasteiger partial charge in [-0.2, -0.15) is 0 Å². The lowest BCUT2D eigenvalue weighted by Crippen LogP contribution is -2.20. The van der Waals surface area contributed by atoms with E-state index in [2.05, 4.69) is 5.32 Å². The zero-order chi connectivity index (χ0) is 12.7. The van der Waals surface area contributed by atoms with E-state index >= 15 is 0 Å². The zero-order valence-electron chi connectivity index (χ0n) is 10.4. The molecule has 0 fully saturated rings. The van der Waals surface area contributed by atoms with E-state index < -0.39 is 0 Å². The maximum atomic E-state index is 11.1. The van der Waals surface area contributed by atoms with Gasteiger partial charge in [0.2, 0.25) is 5.91 Å². The Morgan fingerprint density at radius 2 is 2.18 bits per heavy atom. The average Bonchev–Trinajstić information content (AvgIpc) is 2.38. The number of carbonyl (C=O) groups is 1. The highest BCUT2D eigenvalue weighted by Gasteiger charge is 2.09. The van der Waals surface area contributed by atoms with Crippen LogP contribution in [0.2, 0.25) is 0 Å². The third-order valence-electron chi connectivity index (χ3n) is 2.62. The molecule has 1 amide bonds. The minimum absolute atomic E-state index is 0.0220. The molecule has 1 aromatic rings. The Morgan fingerprint density at radius 1 is 1.47 bits per heavy atom. The molecule has 0 aliphatic rings. The van der Waals surface area contributed by atoms with Gasteiger partial charge in [-0.1, -0.05) is 25.1 Å². The van der Waals surface area contributed by atoms with Crippen LogP contribution in [0.15, 0.2) is 24.3 Å². The lowest BCUT2D eigenvalue weighted by molar-refractivity contribution is -0.121. The van der Waals surface area contributed by atoms with Gasteiger partial charge >= 0.3 is 0 Å². The Kier molecular flexibility index (Phi) is 5.49. The van der Waals surface area contributed by atoms with Crippen molar-refractivity contribution in [2.45, 2.75) is 25.8 Å². The average molecular weight is 236 g/mol. The molecule has 4 heteroatoms. The first-order chi connectivity index (χ1) is 8.19. The molecule has 0 heterocycles. The Labute approximate surface area is 102 Å². The summed E-state index contributed by atoms with van der Waals surface area (Å²) in [4.78, 5) is 11.1. The number of amides is 1. The third-order valence-corrected chi connectivity index (χ3v) is 2.62. The smallest absolute Gasteiger partial charge is 0.223 e. The summed E-state index contributed by atoms with van der Waals surface area (Å²) < 4.78 is 5.59. The molecule has 3 N–H and O–H groups in total. The molecular formula is C13H20N2O2. The van der Waals surface area contributed by atoms with Crippen molar-refractivity contribution in [1.29, 1.82) is 0 Å². The van der Waals surface area contributed by atoms with Crippen LogP contribution in [-0.2, 0) is 4.79 Å². The SMILES string of the molecule is CC[C@H](N)c1ccccc1OCCC(=O)NC. The van der Waals surface area contributed by atoms with Gasteiger partial charge in [-0.15, -0.1) is 0 Å². The number of carbonyl (C=O) groups excluding carboxylic acids is 1. The predicted octanol–water partition coefficient (Wildman–Crippen LogP) is 1.61. The van der Waals surface area contributed by atoms with Crippen LogP contribution >= 0.6 is 0 Å². The van der Waals surface area contributed by atoms with E-state index in [4.69, 9.17) is 10.5 Å². The van der Waals surface area contributed by atoms with Crippen molar-refractivity contribution in [2.75, 3.05) is 13.7 Å². The summed E-state index contributed by atoms with van der Waals surface area (Å²) in [5, 5.41) is 2.56. The van der Waals surface area contributed by atoms with E-state index in [9.17, 15) is 4.79 Å². The molecule has 0 spiro atoms. The normalized spacial score (nSPS) is 11.9. The highest BCUT2D eigenvalue weighted by atomic mass is 16.5. The summed E-state index contributed by atoms with van der Waals surface area (Å²) in [7, 11) is 1.61. The molecular weight excluding hydrogens is 216 g/mol. The second kappa shape index (κ2) is 6.91. The van der Waals surface area contributed by atoms with Gasteiger partial charge in [-0.05, 0) is 12.5 Å². The van der Waals surface area contributed by atoms with E-state index in [0.717, 1.165) is 17.7 Å². The summed E-state index contributed by atoms with van der Waals surface area (Å²) in [6, 6.07) is 7.67. The minimum Gasteiger partial charge on any atom is -0.493 e. The summed E-state index contributed by atoms with van der Waals surface area (Å²) >= 11 is 0. The Balaban J connectivity index is 2.61. The van der Waals surface area contributed by atoms with E-state index in [1.807, 2.05) is 31.2 Å². The van der Waals surface area contributed by atoms with Crippen molar-refractivity contribution in [1.82, 2.24) is 5.32 Å². The Bertz CT molecular complexity index is 366. The lowest BCUT2D eigenvalue weighted by Gasteiger charge is -2.15. The molecule has 17 heavy (non-hydrogen) atoms. The molecule has 0 saturated heterocycles. The van der Waals surface area contributed by atoms with Gasteiger partial charge in [0.1, 0.15) is 5.75 Å². The fourth-order valence-electron chi connectivity index (χ4n) is 1.52. The molecule has 0 unspecified atom stereocenters. The van der Waals surface area contributed by atoms with Crippen molar-refractivity contribution < 1.29 is 9.53 Å². The van der Waals surface area contributed by atoms with Gasteiger partial charge in [0.05, 0.1) is 13.0 Å². The topological polar surface area (TPSA) is 64.3 Å². The van der Waals surface area contributed by atoms with E-state index in [1.165, 1.54) is 0 Å². The van der Waals surface area contributed by atoms with Gasteiger partial charge in [-0.25, -0.2) is 0 Å². The van der Waals surface area contributed by atoms with Gasteiger partial charge in [0, 0.05) is 18.7 Å². The molecule has 1 rings (SSSR count). The predicted molar refractivity (Wildman–Crippen MR) is 67.8 cm³/mol. The molecule has 0 aromatic heterocycles. The van der Waals surface area contributed by atoms with E-state index in [0.29, 0.717) is 13.0 Å². The van der Waals surface area contributed by atoms with Crippen molar-refractivity contribution in [3.8, 4) is 5.75 Å². The fourth-order valence-corrected chi connectivity index (χ4v) is 1.52. The standard InChI is InChI=1S/C13H20N2O2/c1-3-11(14)10-6-4-5-7-12(10)17-9-8-13(16)15-2/h4-7,11H,3,8-9,14H2,1-2H3,(H,15,16)/t11-/m0/s1. The first kappa shape index (κ1) is 13.5. The van der Waals surface area contributed by atoms with Crippen LogP contribution in [0.5, 0.6) is 5.75 Å². The highest BCUT2D eigenvalue weighted by Crippen LogP contribution is 2.25. The summed E-state index contributed by atoms with van der Waals surface area (Å²) in [5.41, 5.74) is 6.99. The number of benzene rings is 1. The van der Waals surface area contributed by atoms with Crippen LogP contribution in [0.3, 0.4) is 0 Å². The van der Waals surface area contributed by atoms with Crippen LogP contribution < -0.4 is 15.8 Å². The summed E-state index contributed by atoms with van der Waals surface area (Å²) in [5.74, 6) is 0.744. The molecule has 0 radical (unpaired) electrons. The van der Waals surface area contributed by atoms with Gasteiger partial charge in [-0.3, -0.25) is 4.79 Å². The van der Waals surface area contributed by atoms with Gasteiger partial charge in [0.15, 0.2) is 0 Å². The second-order valence-corrected chi connectivity index (χ2v) is 3.82. The number of hydrogen-bond acceptors (Lipinski definition) is 3. The maximum absolute atomic E-state index is 11.1. The zero-order valence-corrected chi connectivity index (χ0v) is 10.4. The van der Waals surface area contributed by atoms with Crippen molar-refractivity contribution in [3.63, 3.8) is 0 Å². The molecule has 0 bridgehead atoms. The van der Waals surface area contributed by atoms with Crippen LogP contribution in [0, 0.1) is 0 Å². The maximum Gasteiger partial charge on any atom is 0.223 e. The number of para-hydroxylation sites is 1. The first-order valence-corrected chi connectivity index (χ1v) is 5.87. The number of nitrogens with one attached hydrogen (secondary N) is 1. The number of ether oxygens (including phenoxy) is 1. The van der Waals surface area contributed by atoms with E-state index in [1.54, 1.807) is 7.05 Å². The quantitative estimate of drug-likeness (QED) is 0.788. The second-order valence-electron chi connectivity index (χ2n) is 3.82. The minimum atomic E-state index is -0.0257. The van der Waals surface area contributed by atoms with Crippen LogP contribution in [-0.4, -0.2) is 19.6 Å². The Morgan fingerprint density at radius 3 is 2.82 bits per heavy atom. The van der Waals surface area contributed by atoms with Gasteiger partial charge in [0.25, 0.3) is 0 Å². The molecule has 0 saturated carbocycles. The van der Waals surface area contributed by atoms with Crippen LogP contribution in [0.25, 0.3) is 0 Å². The number of rotatable bonds is 6. The highest BCUT2D eigenvalue weighted by molar-refractivity contribution is 5.75. The monoisotopic (exact) mass is 236 g/mol. The van der Waals surface area contributed by atoms with Gasteiger partial charge < -0.3 is 15.8 Å². The molecule has 94 valence electrons. The van der Waals surface area contributed by atoms with Crippen molar-refractivity contribution in [2.24, 2.45) is 5.73 Å². The molecule has 1 atom stereocenters. The van der Waals surface area contributed by atoms with Crippen molar-refractivity contribution >= 4 is 5.91 Å². The number of hydrogen-bond donors (Lipinski definition) is 2. The van der Waals surface area contributed by atoms with Crippen molar-refractivity contribution in [3.05, 3.63) is 29.8 Å². The molecule has 4 nitrogen and oxygen atoms in total. The lowest BCUT2D eigenvalue weighted by atomic mass is 10.0. The summed E-state index contributed by atoms with van der Waals surface area (Å²) in [6.07, 6.45) is 1.21. The Hall–Kier alpha value is -1.55. The largest absolute Gasteiger partial charge is 0.493 e. The first-order valence-electron chi connectivity index (χ1n) is 5.87. The van der Waals surface area contributed by atoms with E-state index in [-0.39, 0.29) is 11.9 Å². The van der Waals surface area contributed by atoms with Crippen LogP contribution in [0.4, 0.5) is 0 Å². The van der Waals surface area contributed by atoms with Crippen LogP contribution in [0.1, 0.15) is 31.4 Å². The fraction of sp³-hybridized carbons (Fsp3) is 0.462. The molecule has 0 aliphatic carbocycles. The number of nitrogens with two attached hydrogens (primary N) is 1. The molecule has 1 aromatic carbocycles. The third kappa shape index (κ3) is 4.07. The summed E-state index contributed by atoms with van der Waals surface area (Å²) in [6.45, 7) is 2.40. The molecule has 0 aliphatic heterocycles.